The van der Waals surface area contributed by atoms with Gasteiger partial charge in [0, 0.05) is 48.9 Å². The third-order valence-corrected chi connectivity index (χ3v) is 13.6. The average molecular weight is 861 g/mol. The minimum absolute atomic E-state index is 0.0970. The van der Waals surface area contributed by atoms with Gasteiger partial charge in [0.2, 0.25) is 0 Å². The molecule has 3 fully saturated rings. The molecule has 1 saturated carbocycles. The summed E-state index contributed by atoms with van der Waals surface area (Å²) in [6.45, 7) is 3.08. The first-order valence-corrected chi connectivity index (χ1v) is 23.1. The lowest BCUT2D eigenvalue weighted by Gasteiger charge is -2.40. The molecule has 0 radical (unpaired) electrons. The van der Waals surface area contributed by atoms with E-state index in [4.69, 9.17) is 14.2 Å². The number of nitrogens with zero attached hydrogens (tertiary/aromatic N) is 4. The second-order valence-electron chi connectivity index (χ2n) is 18.4. The molecule has 1 N–H and O–H groups in total. The Kier molecular flexibility index (Phi) is 17.2. The van der Waals surface area contributed by atoms with Gasteiger partial charge < -0.3 is 34.0 Å². The lowest BCUT2D eigenvalue weighted by Crippen LogP contribution is -2.53. The molecule has 4 aromatic carbocycles. The summed E-state index contributed by atoms with van der Waals surface area (Å²) in [5, 5.41) is 11.1. The monoisotopic (exact) mass is 861 g/mol. The largest absolute Gasteiger partial charge is 0.497 e. The quantitative estimate of drug-likeness (QED) is 0.139. The van der Waals surface area contributed by atoms with Crippen molar-refractivity contribution in [3.05, 3.63) is 125 Å². The van der Waals surface area contributed by atoms with Crippen molar-refractivity contribution in [2.75, 3.05) is 74.0 Å². The SMILES string of the molecule is CN(C)CCCN1c2ccccc2CCc2ccccc21.COC(=O)[C@H]1[C@@H](OC(=O)c2ccccc2)C[C@@H]2CC[C@H]1N2C.COc1ccc(C(CN(C)C)C2(O)CCCCC2)cc1. The van der Waals surface area contributed by atoms with Gasteiger partial charge in [-0.25, -0.2) is 4.79 Å². The van der Waals surface area contributed by atoms with Gasteiger partial charge in [-0.2, -0.15) is 0 Å². The molecule has 0 spiro atoms. The standard InChI is InChI=1S/C19H24N2.C17H21NO4.C17H27NO2/c1-20(2)14-7-15-21-18-10-5-3-8-16(18)12-13-17-9-4-6-11-19(17)21;1-18-12-8-9-13(18)15(17(20)21-2)14(10-12)22-16(19)11-6-4-3-5-7-11;1-18(2)13-16(17(19)11-5-4-6-12-17)14-7-9-15(20-3)10-8-14/h3-6,8-11H,7,12-15H2,1-2H3;3-7,12-15H,8-10H2,1-2H3;7-10,16,19H,4-6,11-13H2,1-3H3/t;12-,13+,14-,15+;/m.0./s1. The third kappa shape index (κ3) is 12.3. The number of esters is 2. The van der Waals surface area contributed by atoms with Crippen molar-refractivity contribution in [1.82, 2.24) is 14.7 Å². The van der Waals surface area contributed by atoms with Crippen LogP contribution in [-0.4, -0.2) is 125 Å². The predicted octanol–water partition coefficient (Wildman–Crippen LogP) is 8.78. The van der Waals surface area contributed by atoms with Crippen molar-refractivity contribution in [3.8, 4) is 5.75 Å². The molecule has 10 heteroatoms. The zero-order valence-electron chi connectivity index (χ0n) is 38.9. The van der Waals surface area contributed by atoms with Crippen molar-refractivity contribution in [3.63, 3.8) is 0 Å². The molecule has 8 rings (SSSR count). The highest BCUT2D eigenvalue weighted by molar-refractivity contribution is 5.89. The molecule has 2 bridgehead atoms. The lowest BCUT2D eigenvalue weighted by molar-refractivity contribution is -0.156. The second-order valence-corrected chi connectivity index (χ2v) is 18.4. The summed E-state index contributed by atoms with van der Waals surface area (Å²) < 4.78 is 15.9. The maximum absolute atomic E-state index is 12.3. The van der Waals surface area contributed by atoms with E-state index in [0.29, 0.717) is 18.0 Å². The second kappa shape index (κ2) is 22.7. The number of aliphatic hydroxyl groups is 1. The Labute approximate surface area is 377 Å². The molecule has 3 aliphatic heterocycles. The molecule has 4 aliphatic rings. The van der Waals surface area contributed by atoms with Gasteiger partial charge in [0.1, 0.15) is 17.8 Å². The maximum Gasteiger partial charge on any atom is 0.338 e. The molecule has 63 heavy (non-hydrogen) atoms. The molecule has 5 atom stereocenters. The Balaban J connectivity index is 0.000000158. The smallest absolute Gasteiger partial charge is 0.338 e. The predicted molar refractivity (Wildman–Crippen MR) is 253 cm³/mol. The number of fused-ring (bicyclic) bond motifs is 4. The number of carbonyl (C=O) groups is 2. The number of para-hydroxylation sites is 2. The normalized spacial score (nSPS) is 21.7. The Morgan fingerprint density at radius 3 is 1.95 bits per heavy atom. The number of hydrogen-bond acceptors (Lipinski definition) is 10. The van der Waals surface area contributed by atoms with E-state index in [1.165, 1.54) is 48.0 Å². The van der Waals surface area contributed by atoms with E-state index in [2.05, 4.69) is 108 Å². The van der Waals surface area contributed by atoms with Gasteiger partial charge in [0.05, 0.1) is 25.4 Å². The number of ether oxygens (including phenoxy) is 3. The van der Waals surface area contributed by atoms with Crippen molar-refractivity contribution >= 4 is 23.3 Å². The van der Waals surface area contributed by atoms with Crippen LogP contribution in [0.25, 0.3) is 0 Å². The zero-order chi connectivity index (χ0) is 44.9. The van der Waals surface area contributed by atoms with E-state index in [1.807, 2.05) is 25.2 Å². The van der Waals surface area contributed by atoms with Gasteiger partial charge in [-0.3, -0.25) is 9.69 Å². The van der Waals surface area contributed by atoms with Crippen LogP contribution in [0, 0.1) is 5.92 Å². The van der Waals surface area contributed by atoms with E-state index in [1.54, 1.807) is 31.4 Å². The van der Waals surface area contributed by atoms with Crippen LogP contribution in [0.4, 0.5) is 11.4 Å². The highest BCUT2D eigenvalue weighted by Gasteiger charge is 2.51. The third-order valence-electron chi connectivity index (χ3n) is 13.6. The summed E-state index contributed by atoms with van der Waals surface area (Å²) in [5.41, 5.74) is 6.89. The Bertz CT molecular complexity index is 1990. The first-order chi connectivity index (χ1) is 30.4. The number of aryl methyl sites for hydroxylation is 2. The Hall–Kier alpha value is -4.74. The van der Waals surface area contributed by atoms with Crippen LogP contribution in [0.5, 0.6) is 5.75 Å². The number of piperidine rings is 1. The number of benzene rings is 4. The summed E-state index contributed by atoms with van der Waals surface area (Å²) in [7, 11) is 13.5. The molecular weight excluding hydrogens is 789 g/mol. The van der Waals surface area contributed by atoms with E-state index in [9.17, 15) is 14.7 Å². The van der Waals surface area contributed by atoms with Crippen LogP contribution < -0.4 is 9.64 Å². The van der Waals surface area contributed by atoms with Gasteiger partial charge in [0.15, 0.2) is 0 Å². The van der Waals surface area contributed by atoms with E-state index in [-0.39, 0.29) is 23.9 Å². The van der Waals surface area contributed by atoms with Crippen molar-refractivity contribution in [2.45, 2.75) is 100 Å². The molecule has 0 aromatic heterocycles. The fourth-order valence-corrected chi connectivity index (χ4v) is 10.2. The topological polar surface area (TPSA) is 95.0 Å². The van der Waals surface area contributed by atoms with Gasteiger partial charge >= 0.3 is 11.9 Å². The lowest BCUT2D eigenvalue weighted by atomic mass is 9.72. The van der Waals surface area contributed by atoms with Gasteiger partial charge in [-0.05, 0) is 140 Å². The summed E-state index contributed by atoms with van der Waals surface area (Å²) in [6, 6.07) is 35.3. The van der Waals surface area contributed by atoms with Crippen molar-refractivity contribution in [1.29, 1.82) is 0 Å². The number of likely N-dealkylation sites (N-methyl/N-ethyl adjacent to an activating group) is 1. The number of carbonyl (C=O) groups excluding carboxylic acids is 2. The first kappa shape index (κ1) is 47.7. The van der Waals surface area contributed by atoms with E-state index >= 15 is 0 Å². The maximum atomic E-state index is 12.3. The molecule has 1 aliphatic carbocycles. The van der Waals surface area contributed by atoms with Gasteiger partial charge in [0.25, 0.3) is 0 Å². The van der Waals surface area contributed by atoms with Crippen molar-refractivity contribution in [2.24, 2.45) is 5.92 Å². The molecule has 4 aromatic rings. The van der Waals surface area contributed by atoms with E-state index < -0.39 is 17.6 Å². The van der Waals surface area contributed by atoms with Gasteiger partial charge in [-0.15, -0.1) is 0 Å². The fraction of sp³-hybridized carbons (Fsp3) is 0.509. The van der Waals surface area contributed by atoms with Crippen LogP contribution in [0.3, 0.4) is 0 Å². The fourth-order valence-electron chi connectivity index (χ4n) is 10.2. The molecule has 0 amide bonds. The first-order valence-electron chi connectivity index (χ1n) is 23.1. The summed E-state index contributed by atoms with van der Waals surface area (Å²) in [6.07, 6.45) is 11.1. The van der Waals surface area contributed by atoms with Crippen LogP contribution in [0.1, 0.15) is 90.8 Å². The Morgan fingerprint density at radius 2 is 1.38 bits per heavy atom. The molecule has 3 heterocycles. The molecule has 2 saturated heterocycles. The summed E-state index contributed by atoms with van der Waals surface area (Å²) in [5.74, 6) is -0.0235. The summed E-state index contributed by atoms with van der Waals surface area (Å²) in [4.78, 5) is 33.7. The number of hydrogen-bond donors (Lipinski definition) is 1. The van der Waals surface area contributed by atoms with Crippen LogP contribution in [0.15, 0.2) is 103 Å². The van der Waals surface area contributed by atoms with Crippen LogP contribution in [-0.2, 0) is 27.1 Å². The molecule has 1 unspecified atom stereocenters. The van der Waals surface area contributed by atoms with Crippen LogP contribution >= 0.6 is 0 Å². The average Bonchev–Trinajstić information content (AvgIpc) is 3.44. The minimum atomic E-state index is -0.558. The molecule has 340 valence electrons. The number of rotatable bonds is 12. The van der Waals surface area contributed by atoms with E-state index in [0.717, 1.165) is 76.8 Å². The molecular formula is C53H72N4O6. The highest BCUT2D eigenvalue weighted by Crippen LogP contribution is 2.42. The van der Waals surface area contributed by atoms with Gasteiger partial charge in [-0.1, -0.05) is 86.0 Å². The number of methoxy groups -OCH3 is 2. The summed E-state index contributed by atoms with van der Waals surface area (Å²) >= 11 is 0. The molecule has 10 nitrogen and oxygen atoms in total. The zero-order valence-corrected chi connectivity index (χ0v) is 38.9. The Morgan fingerprint density at radius 1 is 0.778 bits per heavy atom. The minimum Gasteiger partial charge on any atom is -0.497 e. The number of anilines is 2. The van der Waals surface area contributed by atoms with Crippen LogP contribution in [0.2, 0.25) is 0 Å². The highest BCUT2D eigenvalue weighted by atomic mass is 16.6. The van der Waals surface area contributed by atoms with Crippen molar-refractivity contribution < 1.29 is 28.9 Å².